The third-order valence-electron chi connectivity index (χ3n) is 3.83. The van der Waals surface area contributed by atoms with Crippen LogP contribution in [0, 0.1) is 0 Å². The summed E-state index contributed by atoms with van der Waals surface area (Å²) in [5, 5.41) is 1.99. The SMILES string of the molecule is CC(=O)Oc1nc(C(C)C)c(Sc2cc(Cl)cc(Cl)c2)n1Cc1ccncc1. The molecule has 0 fully saturated rings. The Labute approximate surface area is 178 Å². The van der Waals surface area contributed by atoms with Crippen LogP contribution in [-0.2, 0) is 11.3 Å². The lowest BCUT2D eigenvalue weighted by molar-refractivity contribution is -0.132. The van der Waals surface area contributed by atoms with Crippen molar-refractivity contribution in [3.63, 3.8) is 0 Å². The number of esters is 1. The molecule has 2 heterocycles. The van der Waals surface area contributed by atoms with Crippen LogP contribution in [-0.4, -0.2) is 20.5 Å². The van der Waals surface area contributed by atoms with E-state index in [1.54, 1.807) is 18.5 Å². The van der Waals surface area contributed by atoms with Crippen molar-refractivity contribution in [1.29, 1.82) is 0 Å². The summed E-state index contributed by atoms with van der Waals surface area (Å²) in [6.45, 7) is 5.95. The van der Waals surface area contributed by atoms with E-state index < -0.39 is 5.97 Å². The Hall–Kier alpha value is -2.02. The largest absolute Gasteiger partial charge is 0.392 e. The number of hydrogen-bond acceptors (Lipinski definition) is 5. The molecule has 28 heavy (non-hydrogen) atoms. The molecule has 0 unspecified atom stereocenters. The van der Waals surface area contributed by atoms with Crippen molar-refractivity contribution >= 4 is 40.9 Å². The lowest BCUT2D eigenvalue weighted by Gasteiger charge is -2.13. The zero-order valence-electron chi connectivity index (χ0n) is 15.6. The van der Waals surface area contributed by atoms with Crippen LogP contribution in [0.1, 0.15) is 37.9 Å². The fraction of sp³-hybridized carbons (Fsp3) is 0.250. The molecule has 0 N–H and O–H groups in total. The summed E-state index contributed by atoms with van der Waals surface area (Å²) in [6, 6.07) is 9.47. The lowest BCUT2D eigenvalue weighted by Crippen LogP contribution is -2.10. The number of ether oxygens (including phenoxy) is 1. The van der Waals surface area contributed by atoms with Gasteiger partial charge in [-0.15, -0.1) is 0 Å². The number of carbonyl (C=O) groups is 1. The van der Waals surface area contributed by atoms with Crippen molar-refractivity contribution in [3.8, 4) is 6.01 Å². The van der Waals surface area contributed by atoms with Crippen LogP contribution >= 0.6 is 35.0 Å². The van der Waals surface area contributed by atoms with Crippen LogP contribution in [0.15, 0.2) is 52.6 Å². The van der Waals surface area contributed by atoms with Crippen molar-refractivity contribution in [1.82, 2.24) is 14.5 Å². The number of halogens is 2. The van der Waals surface area contributed by atoms with E-state index in [2.05, 4.69) is 9.97 Å². The topological polar surface area (TPSA) is 57.0 Å². The Bertz CT molecular complexity index is 970. The molecule has 0 amide bonds. The molecule has 0 spiro atoms. The minimum Gasteiger partial charge on any atom is -0.392 e. The van der Waals surface area contributed by atoms with Gasteiger partial charge >= 0.3 is 12.0 Å². The molecule has 0 radical (unpaired) electrons. The highest BCUT2D eigenvalue weighted by Crippen LogP contribution is 2.39. The number of rotatable bonds is 6. The Balaban J connectivity index is 2.11. The van der Waals surface area contributed by atoms with Gasteiger partial charge in [-0.1, -0.05) is 48.8 Å². The molecule has 5 nitrogen and oxygen atoms in total. The average molecular weight is 436 g/mol. The first kappa shape index (κ1) is 20.7. The fourth-order valence-corrected chi connectivity index (χ4v) is 4.52. The van der Waals surface area contributed by atoms with E-state index in [1.165, 1.54) is 18.7 Å². The van der Waals surface area contributed by atoms with Gasteiger partial charge in [0.1, 0.15) is 5.03 Å². The maximum absolute atomic E-state index is 11.6. The first-order chi connectivity index (χ1) is 13.3. The van der Waals surface area contributed by atoms with Crippen LogP contribution in [0.5, 0.6) is 6.01 Å². The predicted octanol–water partition coefficient (Wildman–Crippen LogP) is 5.83. The second kappa shape index (κ2) is 8.99. The van der Waals surface area contributed by atoms with E-state index in [4.69, 9.17) is 27.9 Å². The average Bonchev–Trinajstić information content (AvgIpc) is 2.92. The van der Waals surface area contributed by atoms with E-state index in [9.17, 15) is 4.79 Å². The summed E-state index contributed by atoms with van der Waals surface area (Å²) >= 11 is 13.8. The summed E-state index contributed by atoms with van der Waals surface area (Å²) in [5.41, 5.74) is 1.86. The first-order valence-electron chi connectivity index (χ1n) is 8.65. The Morgan fingerprint density at radius 3 is 2.39 bits per heavy atom. The number of benzene rings is 1. The van der Waals surface area contributed by atoms with Gasteiger partial charge in [0.25, 0.3) is 0 Å². The quantitative estimate of drug-likeness (QED) is 0.455. The van der Waals surface area contributed by atoms with Crippen molar-refractivity contribution in [2.24, 2.45) is 0 Å². The minimum absolute atomic E-state index is 0.130. The van der Waals surface area contributed by atoms with Crippen LogP contribution in [0.25, 0.3) is 0 Å². The van der Waals surface area contributed by atoms with Gasteiger partial charge in [-0.25, -0.2) is 0 Å². The van der Waals surface area contributed by atoms with Gasteiger partial charge in [-0.3, -0.25) is 14.3 Å². The van der Waals surface area contributed by atoms with Crippen LogP contribution in [0.3, 0.4) is 0 Å². The maximum atomic E-state index is 11.6. The second-order valence-corrected chi connectivity index (χ2v) is 8.42. The zero-order chi connectivity index (χ0) is 20.3. The van der Waals surface area contributed by atoms with Gasteiger partial charge in [0.15, 0.2) is 0 Å². The molecule has 0 aliphatic rings. The molecule has 0 saturated carbocycles. The molecule has 3 aromatic rings. The fourth-order valence-electron chi connectivity index (χ4n) is 2.64. The Morgan fingerprint density at radius 2 is 1.82 bits per heavy atom. The van der Waals surface area contributed by atoms with Crippen LogP contribution < -0.4 is 4.74 Å². The molecular weight excluding hydrogens is 417 g/mol. The van der Waals surface area contributed by atoms with E-state index in [0.717, 1.165) is 21.2 Å². The third kappa shape index (κ3) is 5.07. The highest BCUT2D eigenvalue weighted by molar-refractivity contribution is 7.99. The van der Waals surface area contributed by atoms with E-state index >= 15 is 0 Å². The predicted molar refractivity (Wildman–Crippen MR) is 112 cm³/mol. The number of aromatic nitrogens is 3. The molecular formula is C20H19Cl2N3O2S. The van der Waals surface area contributed by atoms with Gasteiger partial charge in [0, 0.05) is 34.3 Å². The summed E-state index contributed by atoms with van der Waals surface area (Å²) in [7, 11) is 0. The summed E-state index contributed by atoms with van der Waals surface area (Å²) in [4.78, 5) is 21.2. The number of carbonyl (C=O) groups excluding carboxylic acids is 1. The monoisotopic (exact) mass is 435 g/mol. The van der Waals surface area contributed by atoms with E-state index in [-0.39, 0.29) is 11.9 Å². The molecule has 146 valence electrons. The zero-order valence-corrected chi connectivity index (χ0v) is 18.0. The van der Waals surface area contributed by atoms with Crippen molar-refractivity contribution in [2.45, 2.75) is 43.2 Å². The van der Waals surface area contributed by atoms with Gasteiger partial charge in [-0.2, -0.15) is 4.98 Å². The molecule has 8 heteroatoms. The van der Waals surface area contributed by atoms with Crippen LogP contribution in [0.4, 0.5) is 0 Å². The first-order valence-corrected chi connectivity index (χ1v) is 10.2. The summed E-state index contributed by atoms with van der Waals surface area (Å²) < 4.78 is 7.30. The highest BCUT2D eigenvalue weighted by Gasteiger charge is 2.23. The minimum atomic E-state index is -0.418. The number of hydrogen-bond donors (Lipinski definition) is 0. The van der Waals surface area contributed by atoms with Crippen LogP contribution in [0.2, 0.25) is 10.0 Å². The molecule has 0 aliphatic carbocycles. The summed E-state index contributed by atoms with van der Waals surface area (Å²) in [5.74, 6) is -0.288. The molecule has 2 aromatic heterocycles. The second-order valence-electron chi connectivity index (χ2n) is 6.48. The van der Waals surface area contributed by atoms with Gasteiger partial charge in [0.05, 0.1) is 12.2 Å². The van der Waals surface area contributed by atoms with Crippen molar-refractivity contribution in [3.05, 3.63) is 64.0 Å². The normalized spacial score (nSPS) is 11.1. The lowest BCUT2D eigenvalue weighted by atomic mass is 10.1. The third-order valence-corrected chi connectivity index (χ3v) is 5.36. The standard InChI is InChI=1S/C20H19Cl2N3O2S/c1-12(2)18-19(28-17-9-15(21)8-16(22)10-17)25(20(24-18)27-13(3)26)11-14-4-6-23-7-5-14/h4-10,12H,11H2,1-3H3. The molecule has 1 aromatic carbocycles. The van der Waals surface area contributed by atoms with E-state index in [0.29, 0.717) is 16.6 Å². The number of nitrogens with zero attached hydrogens (tertiary/aromatic N) is 3. The number of imidazole rings is 1. The van der Waals surface area contributed by atoms with Crippen molar-refractivity contribution < 1.29 is 9.53 Å². The van der Waals surface area contributed by atoms with E-state index in [1.807, 2.05) is 42.7 Å². The van der Waals surface area contributed by atoms with Crippen molar-refractivity contribution in [2.75, 3.05) is 0 Å². The molecule has 0 saturated heterocycles. The van der Waals surface area contributed by atoms with Gasteiger partial charge in [-0.05, 0) is 41.8 Å². The molecule has 0 aliphatic heterocycles. The Kier molecular flexibility index (Phi) is 6.65. The molecule has 0 atom stereocenters. The van der Waals surface area contributed by atoms with Gasteiger partial charge < -0.3 is 4.74 Å². The Morgan fingerprint density at radius 1 is 1.18 bits per heavy atom. The smallest absolute Gasteiger partial charge is 0.310 e. The molecule has 3 rings (SSSR count). The van der Waals surface area contributed by atoms with Gasteiger partial charge in [0.2, 0.25) is 0 Å². The summed E-state index contributed by atoms with van der Waals surface area (Å²) in [6.07, 6.45) is 3.45. The highest BCUT2D eigenvalue weighted by atomic mass is 35.5. The molecule has 0 bridgehead atoms. The maximum Gasteiger partial charge on any atom is 0.310 e. The number of pyridine rings is 1.